The van der Waals surface area contributed by atoms with Gasteiger partial charge in [0.2, 0.25) is 0 Å². The Morgan fingerprint density at radius 3 is 2.93 bits per heavy atom. The highest BCUT2D eigenvalue weighted by molar-refractivity contribution is 4.96. The molecular formula is C11H20N2O. The summed E-state index contributed by atoms with van der Waals surface area (Å²) in [6.45, 7) is 4.85. The Morgan fingerprint density at radius 1 is 1.64 bits per heavy atom. The number of rotatable bonds is 4. The molecule has 80 valence electrons. The van der Waals surface area contributed by atoms with Gasteiger partial charge in [0.1, 0.15) is 0 Å². The summed E-state index contributed by atoms with van der Waals surface area (Å²) in [5.74, 6) is 12.0. The summed E-state index contributed by atoms with van der Waals surface area (Å²) in [5.41, 5.74) is 2.89. The Hall–Kier alpha value is -0.560. The average molecular weight is 196 g/mol. The Morgan fingerprint density at radius 2 is 2.43 bits per heavy atom. The number of hydrogen-bond donors (Lipinski definition) is 2. The first-order valence-corrected chi connectivity index (χ1v) is 5.27. The van der Waals surface area contributed by atoms with Gasteiger partial charge in [-0.2, -0.15) is 0 Å². The first-order chi connectivity index (χ1) is 6.79. The fraction of sp³-hybridized carbons (Fsp3) is 0.818. The van der Waals surface area contributed by atoms with Gasteiger partial charge in [-0.3, -0.25) is 11.3 Å². The van der Waals surface area contributed by atoms with Crippen molar-refractivity contribution in [2.75, 3.05) is 6.61 Å². The van der Waals surface area contributed by atoms with E-state index in [0.29, 0.717) is 18.1 Å². The Bertz CT molecular complexity index is 219. The zero-order valence-corrected chi connectivity index (χ0v) is 9.05. The van der Waals surface area contributed by atoms with Crippen LogP contribution >= 0.6 is 0 Å². The molecule has 1 aliphatic rings. The van der Waals surface area contributed by atoms with Gasteiger partial charge in [0.25, 0.3) is 0 Å². The molecule has 1 fully saturated rings. The van der Waals surface area contributed by atoms with Crippen LogP contribution in [0.25, 0.3) is 0 Å². The van der Waals surface area contributed by atoms with Gasteiger partial charge in [0.05, 0.1) is 6.10 Å². The van der Waals surface area contributed by atoms with E-state index in [0.717, 1.165) is 25.9 Å². The highest BCUT2D eigenvalue weighted by Gasteiger charge is 2.30. The third-order valence-corrected chi connectivity index (χ3v) is 2.92. The molecule has 0 radical (unpaired) electrons. The predicted molar refractivity (Wildman–Crippen MR) is 57.3 cm³/mol. The summed E-state index contributed by atoms with van der Waals surface area (Å²) in [6, 6.07) is 0.341. The Balaban J connectivity index is 2.38. The molecule has 0 aromatic rings. The summed E-state index contributed by atoms with van der Waals surface area (Å²) in [4.78, 5) is 0. The van der Waals surface area contributed by atoms with Gasteiger partial charge in [0, 0.05) is 25.0 Å². The van der Waals surface area contributed by atoms with Crippen LogP contribution < -0.4 is 11.3 Å². The molecule has 0 amide bonds. The zero-order chi connectivity index (χ0) is 10.4. The van der Waals surface area contributed by atoms with Gasteiger partial charge >= 0.3 is 0 Å². The number of nitrogens with two attached hydrogens (primary N) is 1. The number of nitrogens with one attached hydrogen (secondary N) is 1. The van der Waals surface area contributed by atoms with Crippen molar-refractivity contribution in [3.63, 3.8) is 0 Å². The molecule has 1 rings (SSSR count). The maximum absolute atomic E-state index is 5.54. The molecular weight excluding hydrogens is 176 g/mol. The van der Waals surface area contributed by atoms with Crippen molar-refractivity contribution in [1.29, 1.82) is 0 Å². The maximum atomic E-state index is 5.54. The molecule has 0 spiro atoms. The minimum absolute atomic E-state index is 0.325. The minimum atomic E-state index is 0.325. The van der Waals surface area contributed by atoms with E-state index in [4.69, 9.17) is 10.6 Å². The SMILES string of the molecule is CC#CCCC(NN)C1CCOC1C. The molecule has 0 aromatic carbocycles. The summed E-state index contributed by atoms with van der Waals surface area (Å²) in [5, 5.41) is 0. The monoisotopic (exact) mass is 196 g/mol. The molecule has 3 atom stereocenters. The van der Waals surface area contributed by atoms with Crippen LogP contribution in [0.2, 0.25) is 0 Å². The molecule has 3 N–H and O–H groups in total. The van der Waals surface area contributed by atoms with Crippen LogP contribution in [0, 0.1) is 17.8 Å². The molecule has 0 aliphatic carbocycles. The minimum Gasteiger partial charge on any atom is -0.378 e. The van der Waals surface area contributed by atoms with Crippen molar-refractivity contribution in [3.8, 4) is 11.8 Å². The Kier molecular flexibility index (Phi) is 4.95. The average Bonchev–Trinajstić information content (AvgIpc) is 2.60. The molecule has 0 aromatic heterocycles. The largest absolute Gasteiger partial charge is 0.378 e. The number of ether oxygens (including phenoxy) is 1. The van der Waals surface area contributed by atoms with E-state index >= 15 is 0 Å². The molecule has 0 saturated carbocycles. The molecule has 1 heterocycles. The lowest BCUT2D eigenvalue weighted by atomic mass is 9.91. The van der Waals surface area contributed by atoms with Gasteiger partial charge in [-0.15, -0.1) is 11.8 Å². The first-order valence-electron chi connectivity index (χ1n) is 5.27. The molecule has 3 nitrogen and oxygen atoms in total. The molecule has 3 heteroatoms. The van der Waals surface area contributed by atoms with Crippen molar-refractivity contribution >= 4 is 0 Å². The van der Waals surface area contributed by atoms with Crippen LogP contribution in [0.5, 0.6) is 0 Å². The van der Waals surface area contributed by atoms with Gasteiger partial charge in [-0.1, -0.05) is 0 Å². The zero-order valence-electron chi connectivity index (χ0n) is 9.05. The van der Waals surface area contributed by atoms with Crippen LogP contribution in [0.3, 0.4) is 0 Å². The Labute approximate surface area is 86.4 Å². The predicted octanol–water partition coefficient (Wildman–Crippen LogP) is 1.05. The van der Waals surface area contributed by atoms with E-state index in [-0.39, 0.29) is 0 Å². The van der Waals surface area contributed by atoms with E-state index in [9.17, 15) is 0 Å². The highest BCUT2D eigenvalue weighted by Crippen LogP contribution is 2.25. The van der Waals surface area contributed by atoms with Gasteiger partial charge in [-0.05, 0) is 26.7 Å². The van der Waals surface area contributed by atoms with Crippen molar-refractivity contribution in [3.05, 3.63) is 0 Å². The molecule has 3 unspecified atom stereocenters. The van der Waals surface area contributed by atoms with E-state index in [2.05, 4.69) is 24.2 Å². The normalized spacial score (nSPS) is 28.2. The van der Waals surface area contributed by atoms with E-state index in [1.165, 1.54) is 0 Å². The molecule has 1 aliphatic heterocycles. The summed E-state index contributed by atoms with van der Waals surface area (Å²) in [7, 11) is 0. The van der Waals surface area contributed by atoms with Crippen molar-refractivity contribution in [2.45, 2.75) is 45.3 Å². The molecule has 1 saturated heterocycles. The second-order valence-corrected chi connectivity index (χ2v) is 3.77. The van der Waals surface area contributed by atoms with Gasteiger partial charge in [0.15, 0.2) is 0 Å². The smallest absolute Gasteiger partial charge is 0.0591 e. The van der Waals surface area contributed by atoms with Crippen LogP contribution in [0.4, 0.5) is 0 Å². The number of hydrazine groups is 1. The maximum Gasteiger partial charge on any atom is 0.0591 e. The highest BCUT2D eigenvalue weighted by atomic mass is 16.5. The summed E-state index contributed by atoms with van der Waals surface area (Å²) in [6.07, 6.45) is 3.35. The van der Waals surface area contributed by atoms with Crippen LogP contribution in [-0.2, 0) is 4.74 Å². The fourth-order valence-electron chi connectivity index (χ4n) is 2.05. The summed E-state index contributed by atoms with van der Waals surface area (Å²) < 4.78 is 5.52. The summed E-state index contributed by atoms with van der Waals surface area (Å²) >= 11 is 0. The second kappa shape index (κ2) is 6.02. The van der Waals surface area contributed by atoms with E-state index in [1.54, 1.807) is 0 Å². The van der Waals surface area contributed by atoms with Crippen LogP contribution in [0.15, 0.2) is 0 Å². The third kappa shape index (κ3) is 2.98. The lowest BCUT2D eigenvalue weighted by Crippen LogP contribution is -2.43. The van der Waals surface area contributed by atoms with E-state index < -0.39 is 0 Å². The van der Waals surface area contributed by atoms with Gasteiger partial charge in [-0.25, -0.2) is 0 Å². The van der Waals surface area contributed by atoms with E-state index in [1.807, 2.05) is 6.92 Å². The lowest BCUT2D eigenvalue weighted by Gasteiger charge is -2.24. The lowest BCUT2D eigenvalue weighted by molar-refractivity contribution is 0.0945. The third-order valence-electron chi connectivity index (χ3n) is 2.92. The topological polar surface area (TPSA) is 47.3 Å². The first kappa shape index (κ1) is 11.5. The molecule has 0 bridgehead atoms. The fourth-order valence-corrected chi connectivity index (χ4v) is 2.05. The van der Waals surface area contributed by atoms with Crippen LogP contribution in [0.1, 0.15) is 33.1 Å². The quantitative estimate of drug-likeness (QED) is 0.401. The molecule has 14 heavy (non-hydrogen) atoms. The van der Waals surface area contributed by atoms with Crippen molar-refractivity contribution in [2.24, 2.45) is 11.8 Å². The number of hydrogen-bond acceptors (Lipinski definition) is 3. The van der Waals surface area contributed by atoms with Crippen molar-refractivity contribution < 1.29 is 4.74 Å². The van der Waals surface area contributed by atoms with Crippen molar-refractivity contribution in [1.82, 2.24) is 5.43 Å². The van der Waals surface area contributed by atoms with Crippen LogP contribution in [-0.4, -0.2) is 18.8 Å². The standard InChI is InChI=1S/C11H20N2O/c1-3-4-5-6-11(13-12)10-7-8-14-9(10)2/h9-11,13H,5-8,12H2,1-2H3. The second-order valence-electron chi connectivity index (χ2n) is 3.77. The van der Waals surface area contributed by atoms with Gasteiger partial charge < -0.3 is 4.74 Å².